The molecule has 1 heterocycles. The van der Waals surface area contributed by atoms with Gasteiger partial charge < -0.3 is 17.0 Å². The highest BCUT2D eigenvalue weighted by molar-refractivity contribution is 6.05. The molecule has 0 fully saturated rings. The van der Waals surface area contributed by atoms with Gasteiger partial charge in [-0.15, -0.1) is 0 Å². The minimum Gasteiger partial charge on any atom is -1.00 e. The third kappa shape index (κ3) is 2.97. The highest BCUT2D eigenvalue weighted by Crippen LogP contribution is 2.23. The monoisotopic (exact) mass is 369 g/mol. The Morgan fingerprint density at radius 1 is 0.955 bits per heavy atom. The predicted octanol–water partition coefficient (Wildman–Crippen LogP) is 0.416. The summed E-state index contributed by atoms with van der Waals surface area (Å²) >= 11 is 0. The molecule has 0 radical (unpaired) electrons. The molecule has 3 aromatic rings. The molecule has 0 amide bonds. The van der Waals surface area contributed by atoms with Gasteiger partial charge in [0.25, 0.3) is 0 Å². The van der Waals surface area contributed by atoms with Gasteiger partial charge in [0.15, 0.2) is 6.20 Å². The van der Waals surface area contributed by atoms with Crippen molar-refractivity contribution in [2.24, 2.45) is 0 Å². The number of ketones is 1. The Morgan fingerprint density at radius 3 is 2.36 bits per heavy atom. The van der Waals surface area contributed by atoms with Crippen LogP contribution in [0.4, 0.5) is 13.2 Å². The average molecular weight is 370 g/mol. The van der Waals surface area contributed by atoms with Crippen molar-refractivity contribution >= 4 is 27.5 Å². The van der Waals surface area contributed by atoms with Crippen LogP contribution < -0.4 is 21.5 Å². The van der Waals surface area contributed by atoms with Crippen molar-refractivity contribution in [3.05, 3.63) is 54.7 Å². The molecule has 0 bridgehead atoms. The van der Waals surface area contributed by atoms with Crippen LogP contribution in [-0.4, -0.2) is 12.0 Å². The molecule has 0 aliphatic heterocycles. The molecule has 22 heavy (non-hydrogen) atoms. The summed E-state index contributed by atoms with van der Waals surface area (Å²) in [5, 5.41) is 2.78. The number of halogens is 4. The van der Waals surface area contributed by atoms with Gasteiger partial charge in [0.2, 0.25) is 12.1 Å². The zero-order valence-electron chi connectivity index (χ0n) is 11.3. The summed E-state index contributed by atoms with van der Waals surface area (Å²) in [7, 11) is 0. The number of carbonyl (C=O) groups excluding carboxylic acids is 1. The van der Waals surface area contributed by atoms with Crippen LogP contribution in [0.1, 0.15) is 0 Å². The summed E-state index contributed by atoms with van der Waals surface area (Å²) in [5.74, 6) is -1.76. The number of hydrogen-bond acceptors (Lipinski definition) is 1. The molecule has 2 aromatic carbocycles. The first-order chi connectivity index (χ1) is 9.97. The number of pyridine rings is 1. The van der Waals surface area contributed by atoms with Gasteiger partial charge in [-0.25, -0.2) is 0 Å². The Bertz CT molecular complexity index is 846. The van der Waals surface area contributed by atoms with Crippen molar-refractivity contribution < 1.29 is 39.5 Å². The fourth-order valence-corrected chi connectivity index (χ4v) is 2.42. The van der Waals surface area contributed by atoms with E-state index < -0.39 is 18.5 Å². The largest absolute Gasteiger partial charge is 1.00 e. The van der Waals surface area contributed by atoms with Gasteiger partial charge in [0.05, 0.1) is 5.39 Å². The maximum Gasteiger partial charge on any atom is 0.456 e. The first kappa shape index (κ1) is 16.4. The van der Waals surface area contributed by atoms with Crippen LogP contribution in [0.3, 0.4) is 0 Å². The highest BCUT2D eigenvalue weighted by atomic mass is 79.9. The van der Waals surface area contributed by atoms with E-state index in [1.165, 1.54) is 10.8 Å². The van der Waals surface area contributed by atoms with Crippen LogP contribution in [0.5, 0.6) is 0 Å². The van der Waals surface area contributed by atoms with E-state index in [9.17, 15) is 18.0 Å². The fraction of sp³-hybridized carbons (Fsp3) is 0.125. The summed E-state index contributed by atoms with van der Waals surface area (Å²) in [6.45, 7) is -0.709. The van der Waals surface area contributed by atoms with Crippen molar-refractivity contribution in [2.45, 2.75) is 12.7 Å². The normalized spacial score (nSPS) is 11.4. The molecule has 0 spiro atoms. The van der Waals surface area contributed by atoms with Crippen LogP contribution in [0, 0.1) is 0 Å². The standard InChI is InChI=1S/C16H11F3NO.BrH/c17-16(18,19)15(21)10-20-9-3-6-13-12-5-2-1-4-11(12)7-8-14(13)20;/h1-9H,10H2;1H/q+1;/p-1. The third-order valence-corrected chi connectivity index (χ3v) is 3.42. The van der Waals surface area contributed by atoms with Crippen molar-refractivity contribution in [1.29, 1.82) is 0 Å². The van der Waals surface area contributed by atoms with Gasteiger partial charge in [-0.3, -0.25) is 4.79 Å². The van der Waals surface area contributed by atoms with Gasteiger partial charge in [-0.2, -0.15) is 17.7 Å². The summed E-state index contributed by atoms with van der Waals surface area (Å²) in [6.07, 6.45) is -3.33. The molecule has 3 rings (SSSR count). The van der Waals surface area contributed by atoms with Crippen molar-refractivity contribution in [1.82, 2.24) is 0 Å². The van der Waals surface area contributed by atoms with E-state index in [1.54, 1.807) is 12.1 Å². The topological polar surface area (TPSA) is 20.9 Å². The first-order valence-corrected chi connectivity index (χ1v) is 6.37. The maximum atomic E-state index is 12.4. The van der Waals surface area contributed by atoms with Gasteiger partial charge in [-0.05, 0) is 22.9 Å². The van der Waals surface area contributed by atoms with Gasteiger partial charge in [-0.1, -0.05) is 24.3 Å². The third-order valence-electron chi connectivity index (χ3n) is 3.42. The number of benzene rings is 2. The number of hydrogen-bond donors (Lipinski definition) is 0. The molecule has 6 heteroatoms. The Kier molecular flexibility index (Phi) is 4.51. The molecule has 0 saturated carbocycles. The minimum absolute atomic E-state index is 0. The Balaban J connectivity index is 0.00000176. The molecule has 1 aromatic heterocycles. The minimum atomic E-state index is -4.81. The zero-order valence-corrected chi connectivity index (χ0v) is 12.9. The molecule has 0 N–H and O–H groups in total. The molecular weight excluding hydrogens is 359 g/mol. The number of aromatic nitrogens is 1. The molecule has 0 aliphatic rings. The summed E-state index contributed by atoms with van der Waals surface area (Å²) in [4.78, 5) is 11.2. The SMILES string of the molecule is O=C(C[n+]1cccc2c3ccccc3ccc21)C(F)(F)F.[Br-]. The second kappa shape index (κ2) is 6.04. The predicted molar refractivity (Wildman–Crippen MR) is 72.7 cm³/mol. The van der Waals surface area contributed by atoms with Crippen LogP contribution >= 0.6 is 0 Å². The van der Waals surface area contributed by atoms with E-state index in [-0.39, 0.29) is 17.0 Å². The van der Waals surface area contributed by atoms with Crippen molar-refractivity contribution in [2.75, 3.05) is 0 Å². The summed E-state index contributed by atoms with van der Waals surface area (Å²) in [6, 6.07) is 14.7. The smallest absolute Gasteiger partial charge is 0.456 e. The number of alkyl halides is 3. The Labute approximate surface area is 134 Å². The second-order valence-corrected chi connectivity index (χ2v) is 4.78. The molecule has 2 nitrogen and oxygen atoms in total. The highest BCUT2D eigenvalue weighted by Gasteiger charge is 2.41. The van der Waals surface area contributed by atoms with Gasteiger partial charge in [0.1, 0.15) is 0 Å². The number of nitrogens with zero attached hydrogens (tertiary/aromatic N) is 1. The van der Waals surface area contributed by atoms with Crippen LogP contribution in [0.2, 0.25) is 0 Å². The molecule has 0 atom stereocenters. The second-order valence-electron chi connectivity index (χ2n) is 4.78. The zero-order chi connectivity index (χ0) is 15.0. The lowest BCUT2D eigenvalue weighted by Gasteiger charge is -2.05. The van der Waals surface area contributed by atoms with Crippen LogP contribution in [-0.2, 0) is 11.3 Å². The van der Waals surface area contributed by atoms with Gasteiger partial charge >= 0.3 is 12.0 Å². The van der Waals surface area contributed by atoms with Crippen molar-refractivity contribution in [3.63, 3.8) is 0 Å². The quantitative estimate of drug-likeness (QED) is 0.473. The fourth-order valence-electron chi connectivity index (χ4n) is 2.42. The van der Waals surface area contributed by atoms with Crippen molar-refractivity contribution in [3.8, 4) is 0 Å². The van der Waals surface area contributed by atoms with E-state index in [0.717, 1.165) is 16.2 Å². The average Bonchev–Trinajstić information content (AvgIpc) is 2.46. The molecule has 0 aliphatic carbocycles. The van der Waals surface area contributed by atoms with E-state index in [1.807, 2.05) is 36.4 Å². The number of Topliss-reactive ketones (excluding diaryl/α,β-unsaturated/α-hetero) is 1. The maximum absolute atomic E-state index is 12.4. The molecule has 114 valence electrons. The first-order valence-electron chi connectivity index (χ1n) is 6.37. The lowest BCUT2D eigenvalue weighted by Crippen LogP contribution is -3.00. The number of rotatable bonds is 2. The van der Waals surface area contributed by atoms with Crippen LogP contribution in [0.25, 0.3) is 21.7 Å². The van der Waals surface area contributed by atoms with E-state index in [2.05, 4.69) is 0 Å². The van der Waals surface area contributed by atoms with E-state index in [0.29, 0.717) is 5.52 Å². The number of fused-ring (bicyclic) bond motifs is 3. The number of carbonyl (C=O) groups is 1. The summed E-state index contributed by atoms with van der Waals surface area (Å²) in [5.41, 5.74) is 0.605. The van der Waals surface area contributed by atoms with Gasteiger partial charge in [0, 0.05) is 12.1 Å². The molecule has 0 saturated heterocycles. The Hall–Kier alpha value is -1.95. The summed E-state index contributed by atoms with van der Waals surface area (Å²) < 4.78 is 38.6. The van der Waals surface area contributed by atoms with E-state index in [4.69, 9.17) is 0 Å². The lowest BCUT2D eigenvalue weighted by molar-refractivity contribution is -0.659. The molecular formula is C16H11BrF3NO. The Morgan fingerprint density at radius 2 is 1.64 bits per heavy atom. The molecule has 0 unspecified atom stereocenters. The lowest BCUT2D eigenvalue weighted by atomic mass is 10.1. The van der Waals surface area contributed by atoms with Crippen LogP contribution in [0.15, 0.2) is 54.7 Å². The van der Waals surface area contributed by atoms with E-state index >= 15 is 0 Å².